The first-order chi connectivity index (χ1) is 9.18. The highest BCUT2D eigenvalue weighted by Gasteiger charge is 2.12. The predicted molar refractivity (Wildman–Crippen MR) is 81.5 cm³/mol. The summed E-state index contributed by atoms with van der Waals surface area (Å²) < 4.78 is 0. The van der Waals surface area contributed by atoms with Gasteiger partial charge in [0, 0.05) is 18.3 Å². The van der Waals surface area contributed by atoms with Crippen LogP contribution in [0.15, 0.2) is 60.7 Å². The van der Waals surface area contributed by atoms with Crippen molar-refractivity contribution in [3.63, 3.8) is 0 Å². The van der Waals surface area contributed by atoms with E-state index in [1.807, 2.05) is 60.7 Å². The Bertz CT molecular complexity index is 569. The first-order valence-corrected chi connectivity index (χ1v) is 6.28. The van der Waals surface area contributed by atoms with Gasteiger partial charge < -0.3 is 0 Å². The maximum absolute atomic E-state index is 12.1. The third-order valence-electron chi connectivity index (χ3n) is 2.70. The molecule has 0 radical (unpaired) electrons. The number of amides is 2. The molecule has 0 atom stereocenters. The second-order valence-corrected chi connectivity index (χ2v) is 4.43. The Hall–Kier alpha value is -2.20. The summed E-state index contributed by atoms with van der Waals surface area (Å²) in [6.07, 6.45) is 0. The number of thiocarbonyl (C=S) groups is 1. The number of para-hydroxylation sites is 1. The van der Waals surface area contributed by atoms with Crippen molar-refractivity contribution in [1.82, 2.24) is 5.32 Å². The quantitative estimate of drug-likeness (QED) is 0.850. The number of rotatable bonds is 2. The zero-order valence-electron chi connectivity index (χ0n) is 10.5. The van der Waals surface area contributed by atoms with Crippen molar-refractivity contribution < 1.29 is 4.79 Å². The maximum atomic E-state index is 12.1. The zero-order valence-corrected chi connectivity index (χ0v) is 11.4. The minimum absolute atomic E-state index is 0.250. The van der Waals surface area contributed by atoms with Crippen molar-refractivity contribution in [2.24, 2.45) is 0 Å². The van der Waals surface area contributed by atoms with Crippen LogP contribution in [0.4, 0.5) is 10.5 Å². The number of nitrogens with zero attached hydrogens (tertiary/aromatic N) is 1. The molecule has 4 heteroatoms. The van der Waals surface area contributed by atoms with Gasteiger partial charge in [0.2, 0.25) is 0 Å². The summed E-state index contributed by atoms with van der Waals surface area (Å²) in [5, 5.41) is 2.71. The minimum atomic E-state index is -0.250. The minimum Gasteiger partial charge on any atom is -0.298 e. The summed E-state index contributed by atoms with van der Waals surface area (Å²) in [6.45, 7) is 0. The van der Waals surface area contributed by atoms with Gasteiger partial charge in [0.15, 0.2) is 0 Å². The molecule has 0 unspecified atom stereocenters. The molecular weight excluding hydrogens is 256 g/mol. The van der Waals surface area contributed by atoms with Gasteiger partial charge in [0.25, 0.3) is 0 Å². The number of benzene rings is 2. The van der Waals surface area contributed by atoms with Crippen LogP contribution in [0.3, 0.4) is 0 Å². The van der Waals surface area contributed by atoms with E-state index in [0.29, 0.717) is 4.99 Å². The van der Waals surface area contributed by atoms with Gasteiger partial charge in [0.05, 0.1) is 0 Å². The molecule has 19 heavy (non-hydrogen) atoms. The molecule has 0 aromatic heterocycles. The van der Waals surface area contributed by atoms with Gasteiger partial charge in [-0.1, -0.05) is 60.7 Å². The normalized spacial score (nSPS) is 9.74. The van der Waals surface area contributed by atoms with E-state index in [1.165, 1.54) is 4.90 Å². The first-order valence-electron chi connectivity index (χ1n) is 5.87. The van der Waals surface area contributed by atoms with E-state index in [1.54, 1.807) is 7.05 Å². The summed E-state index contributed by atoms with van der Waals surface area (Å²) in [6, 6.07) is 18.6. The van der Waals surface area contributed by atoms with E-state index >= 15 is 0 Å². The van der Waals surface area contributed by atoms with Gasteiger partial charge in [0.1, 0.15) is 4.99 Å². The molecule has 2 amide bonds. The van der Waals surface area contributed by atoms with Gasteiger partial charge in [-0.3, -0.25) is 10.2 Å². The molecule has 0 aliphatic rings. The fourth-order valence-corrected chi connectivity index (χ4v) is 1.83. The fourth-order valence-electron chi connectivity index (χ4n) is 1.61. The van der Waals surface area contributed by atoms with Crippen molar-refractivity contribution in [2.45, 2.75) is 0 Å². The Balaban J connectivity index is 2.04. The lowest BCUT2D eigenvalue weighted by molar-refractivity contribution is 0.252. The number of hydrogen-bond donors (Lipinski definition) is 1. The Morgan fingerprint density at radius 1 is 1.00 bits per heavy atom. The molecule has 96 valence electrons. The maximum Gasteiger partial charge on any atom is 0.326 e. The van der Waals surface area contributed by atoms with Crippen LogP contribution in [-0.2, 0) is 0 Å². The predicted octanol–water partition coefficient (Wildman–Crippen LogP) is 3.21. The number of anilines is 1. The number of urea groups is 1. The molecule has 0 spiro atoms. The molecular formula is C15H14N2OS. The monoisotopic (exact) mass is 270 g/mol. The number of carbonyl (C=O) groups excluding carboxylic acids is 1. The second kappa shape index (κ2) is 6.11. The fraction of sp³-hybridized carbons (Fsp3) is 0.0667. The van der Waals surface area contributed by atoms with Crippen molar-refractivity contribution in [2.75, 3.05) is 11.9 Å². The topological polar surface area (TPSA) is 32.3 Å². The van der Waals surface area contributed by atoms with Crippen LogP contribution in [0.2, 0.25) is 0 Å². The van der Waals surface area contributed by atoms with E-state index < -0.39 is 0 Å². The van der Waals surface area contributed by atoms with Crippen molar-refractivity contribution in [3.05, 3.63) is 66.2 Å². The standard InChI is InChI=1S/C15H14N2OS/c1-17(13-10-6-3-7-11-13)15(18)16-14(19)12-8-4-2-5-9-12/h2-11H,1H3,(H,16,18,19). The summed E-state index contributed by atoms with van der Waals surface area (Å²) in [4.78, 5) is 14.0. The summed E-state index contributed by atoms with van der Waals surface area (Å²) in [5.41, 5.74) is 1.64. The first kappa shape index (κ1) is 13.2. The van der Waals surface area contributed by atoms with Crippen LogP contribution >= 0.6 is 12.2 Å². The number of carbonyl (C=O) groups is 1. The highest BCUT2D eigenvalue weighted by Crippen LogP contribution is 2.11. The molecule has 0 saturated heterocycles. The SMILES string of the molecule is CN(C(=O)NC(=S)c1ccccc1)c1ccccc1. The Morgan fingerprint density at radius 3 is 2.11 bits per heavy atom. The smallest absolute Gasteiger partial charge is 0.298 e. The lowest BCUT2D eigenvalue weighted by atomic mass is 10.2. The van der Waals surface area contributed by atoms with Crippen LogP contribution < -0.4 is 10.2 Å². The third-order valence-corrected chi connectivity index (χ3v) is 3.04. The van der Waals surface area contributed by atoms with Crippen LogP contribution in [-0.4, -0.2) is 18.1 Å². The average Bonchev–Trinajstić information content (AvgIpc) is 2.48. The number of hydrogen-bond acceptors (Lipinski definition) is 2. The van der Waals surface area contributed by atoms with Crippen LogP contribution in [0.1, 0.15) is 5.56 Å². The Kier molecular flexibility index (Phi) is 4.26. The van der Waals surface area contributed by atoms with Crippen molar-refractivity contribution >= 4 is 28.9 Å². The molecule has 2 aromatic carbocycles. The largest absolute Gasteiger partial charge is 0.326 e. The molecule has 0 aliphatic carbocycles. The van der Waals surface area contributed by atoms with Gasteiger partial charge >= 0.3 is 6.03 Å². The van der Waals surface area contributed by atoms with Gasteiger partial charge in [-0.25, -0.2) is 4.79 Å². The van der Waals surface area contributed by atoms with E-state index in [0.717, 1.165) is 11.3 Å². The summed E-state index contributed by atoms with van der Waals surface area (Å²) >= 11 is 5.21. The average molecular weight is 270 g/mol. The zero-order chi connectivity index (χ0) is 13.7. The molecule has 0 bridgehead atoms. The molecule has 0 aliphatic heterocycles. The highest BCUT2D eigenvalue weighted by atomic mass is 32.1. The van der Waals surface area contributed by atoms with E-state index in [-0.39, 0.29) is 6.03 Å². The Morgan fingerprint density at radius 2 is 1.53 bits per heavy atom. The van der Waals surface area contributed by atoms with Crippen LogP contribution in [0, 0.1) is 0 Å². The molecule has 3 nitrogen and oxygen atoms in total. The van der Waals surface area contributed by atoms with Crippen LogP contribution in [0.25, 0.3) is 0 Å². The second-order valence-electron chi connectivity index (χ2n) is 4.02. The lowest BCUT2D eigenvalue weighted by Crippen LogP contribution is -2.40. The molecule has 0 heterocycles. The van der Waals surface area contributed by atoms with E-state index in [9.17, 15) is 4.79 Å². The summed E-state index contributed by atoms with van der Waals surface area (Å²) in [5.74, 6) is 0. The molecule has 2 aromatic rings. The van der Waals surface area contributed by atoms with Crippen molar-refractivity contribution in [3.8, 4) is 0 Å². The lowest BCUT2D eigenvalue weighted by Gasteiger charge is -2.18. The number of nitrogens with one attached hydrogen (secondary N) is 1. The molecule has 0 fully saturated rings. The molecule has 1 N–H and O–H groups in total. The summed E-state index contributed by atoms with van der Waals surface area (Å²) in [7, 11) is 1.71. The van der Waals surface area contributed by atoms with E-state index in [4.69, 9.17) is 12.2 Å². The van der Waals surface area contributed by atoms with Gasteiger partial charge in [-0.2, -0.15) is 0 Å². The Labute approximate surface area is 117 Å². The molecule has 2 rings (SSSR count). The van der Waals surface area contributed by atoms with Gasteiger partial charge in [-0.05, 0) is 12.1 Å². The van der Waals surface area contributed by atoms with E-state index in [2.05, 4.69) is 5.32 Å². The molecule has 0 saturated carbocycles. The van der Waals surface area contributed by atoms with Gasteiger partial charge in [-0.15, -0.1) is 0 Å². The van der Waals surface area contributed by atoms with Crippen LogP contribution in [0.5, 0.6) is 0 Å². The van der Waals surface area contributed by atoms with Crippen molar-refractivity contribution in [1.29, 1.82) is 0 Å². The highest BCUT2D eigenvalue weighted by molar-refractivity contribution is 7.80. The third kappa shape index (κ3) is 3.39.